The van der Waals surface area contributed by atoms with Crippen molar-refractivity contribution in [1.82, 2.24) is 10.2 Å². The minimum atomic E-state index is -1.07. The average Bonchev–Trinajstić information content (AvgIpc) is 3.00. The van der Waals surface area contributed by atoms with Crippen LogP contribution in [0.1, 0.15) is 16.1 Å². The van der Waals surface area contributed by atoms with E-state index >= 15 is 0 Å². The highest BCUT2D eigenvalue weighted by Gasteiger charge is 2.16. The summed E-state index contributed by atoms with van der Waals surface area (Å²) in [5, 5.41) is 18.2. The molecule has 0 bridgehead atoms. The number of nitrogens with one attached hydrogen (secondary N) is 2. The zero-order valence-corrected chi connectivity index (χ0v) is 12.5. The van der Waals surface area contributed by atoms with Gasteiger partial charge in [0, 0.05) is 18.2 Å². The minimum Gasteiger partial charge on any atom is -0.493 e. The Kier molecular flexibility index (Phi) is 4.72. The average molecular weight is 307 g/mol. The maximum atomic E-state index is 10.8. The third-order valence-corrected chi connectivity index (χ3v) is 3.05. The van der Waals surface area contributed by atoms with Crippen molar-refractivity contribution >= 4 is 11.8 Å². The van der Waals surface area contributed by atoms with E-state index in [1.165, 1.54) is 20.3 Å². The fraction of sp³-hybridized carbons (Fsp3) is 0.286. The number of nitrogens with zero attached hydrogens (tertiary/aromatic N) is 1. The summed E-state index contributed by atoms with van der Waals surface area (Å²) >= 11 is 0. The number of carbonyl (C=O) groups is 1. The molecule has 3 N–H and O–H groups in total. The molecule has 0 radical (unpaired) electrons. The number of aromatic nitrogens is 2. The quantitative estimate of drug-likeness (QED) is 0.715. The number of methoxy groups -OCH3 is 3. The van der Waals surface area contributed by atoms with Gasteiger partial charge in [0.1, 0.15) is 11.5 Å². The Labute approximate surface area is 127 Å². The Balaban J connectivity index is 2.20. The van der Waals surface area contributed by atoms with E-state index in [0.29, 0.717) is 29.6 Å². The third kappa shape index (κ3) is 3.05. The zero-order valence-electron chi connectivity index (χ0n) is 12.5. The molecular weight excluding hydrogens is 290 g/mol. The second-order valence-electron chi connectivity index (χ2n) is 4.32. The minimum absolute atomic E-state index is 0.0155. The highest BCUT2D eigenvalue weighted by atomic mass is 16.5. The van der Waals surface area contributed by atoms with Gasteiger partial charge < -0.3 is 24.6 Å². The first-order chi connectivity index (χ1) is 10.6. The predicted octanol–water partition coefficient (Wildman–Crippen LogP) is 1.75. The number of rotatable bonds is 7. The van der Waals surface area contributed by atoms with E-state index in [4.69, 9.17) is 19.3 Å². The molecule has 0 spiro atoms. The molecule has 0 unspecified atom stereocenters. The number of benzene rings is 1. The molecule has 1 aromatic carbocycles. The van der Waals surface area contributed by atoms with Crippen LogP contribution in [0.25, 0.3) is 0 Å². The molecule has 118 valence electrons. The molecular formula is C14H17N3O5. The van der Waals surface area contributed by atoms with Crippen LogP contribution >= 0.6 is 0 Å². The fourth-order valence-corrected chi connectivity index (χ4v) is 2.01. The van der Waals surface area contributed by atoms with Crippen molar-refractivity contribution in [2.45, 2.75) is 6.54 Å². The molecule has 0 fully saturated rings. The largest absolute Gasteiger partial charge is 0.493 e. The standard InChI is InChI=1S/C14H17N3O5/c1-20-10-5-4-8(12(21-2)13(10)22-3)7-15-11-6-9(14(18)19)16-17-11/h4-6H,7H2,1-3H3,(H,18,19)(H2,15,16,17). The monoisotopic (exact) mass is 307 g/mol. The normalized spacial score (nSPS) is 10.1. The summed E-state index contributed by atoms with van der Waals surface area (Å²) in [6.07, 6.45) is 0. The van der Waals surface area contributed by atoms with Gasteiger partial charge in [-0.3, -0.25) is 5.10 Å². The van der Waals surface area contributed by atoms with Crippen molar-refractivity contribution in [1.29, 1.82) is 0 Å². The number of H-pyrrole nitrogens is 1. The maximum absolute atomic E-state index is 10.8. The number of hydrogen-bond acceptors (Lipinski definition) is 6. The van der Waals surface area contributed by atoms with Gasteiger partial charge in [0.2, 0.25) is 5.75 Å². The van der Waals surface area contributed by atoms with Crippen LogP contribution in [0.2, 0.25) is 0 Å². The number of carboxylic acids is 1. The van der Waals surface area contributed by atoms with Crippen molar-refractivity contribution in [3.8, 4) is 17.2 Å². The molecule has 1 heterocycles. The van der Waals surface area contributed by atoms with E-state index in [1.54, 1.807) is 13.2 Å². The van der Waals surface area contributed by atoms with Crippen molar-refractivity contribution < 1.29 is 24.1 Å². The molecule has 1 aromatic heterocycles. The fourth-order valence-electron chi connectivity index (χ4n) is 2.01. The van der Waals surface area contributed by atoms with Gasteiger partial charge >= 0.3 is 5.97 Å². The van der Waals surface area contributed by atoms with Gasteiger partial charge in [-0.1, -0.05) is 0 Å². The van der Waals surface area contributed by atoms with Crippen molar-refractivity contribution in [2.24, 2.45) is 0 Å². The van der Waals surface area contributed by atoms with Crippen molar-refractivity contribution in [3.63, 3.8) is 0 Å². The SMILES string of the molecule is COc1ccc(CNc2cc(C(=O)O)[nH]n2)c(OC)c1OC. The molecule has 0 aliphatic heterocycles. The zero-order chi connectivity index (χ0) is 16.1. The third-order valence-electron chi connectivity index (χ3n) is 3.05. The number of hydrogen-bond donors (Lipinski definition) is 3. The number of carboxylic acid groups (broad SMARTS) is 1. The van der Waals surface area contributed by atoms with Crippen molar-refractivity contribution in [3.05, 3.63) is 29.5 Å². The molecule has 8 heteroatoms. The number of aromatic amines is 1. The smallest absolute Gasteiger partial charge is 0.353 e. The van der Waals surface area contributed by atoms with Gasteiger partial charge in [-0.15, -0.1) is 0 Å². The molecule has 0 saturated carbocycles. The molecule has 22 heavy (non-hydrogen) atoms. The lowest BCUT2D eigenvalue weighted by atomic mass is 10.1. The Hall–Kier alpha value is -2.90. The first-order valence-corrected chi connectivity index (χ1v) is 6.41. The van der Waals surface area contributed by atoms with E-state index in [2.05, 4.69) is 15.5 Å². The summed E-state index contributed by atoms with van der Waals surface area (Å²) in [5.74, 6) is 0.968. The van der Waals surface area contributed by atoms with Crippen LogP contribution in [-0.4, -0.2) is 42.6 Å². The number of ether oxygens (including phenoxy) is 3. The van der Waals surface area contributed by atoms with Gasteiger partial charge in [0.25, 0.3) is 0 Å². The molecule has 0 aliphatic carbocycles. The Morgan fingerprint density at radius 3 is 2.50 bits per heavy atom. The second kappa shape index (κ2) is 6.70. The maximum Gasteiger partial charge on any atom is 0.353 e. The van der Waals surface area contributed by atoms with E-state index in [9.17, 15) is 4.79 Å². The molecule has 0 atom stereocenters. The lowest BCUT2D eigenvalue weighted by Crippen LogP contribution is -2.04. The van der Waals surface area contributed by atoms with Gasteiger partial charge in [-0.25, -0.2) is 4.79 Å². The van der Waals surface area contributed by atoms with Crippen LogP contribution in [0, 0.1) is 0 Å². The molecule has 0 aliphatic rings. The summed E-state index contributed by atoms with van der Waals surface area (Å²) < 4.78 is 15.9. The van der Waals surface area contributed by atoms with Crippen LogP contribution in [0.5, 0.6) is 17.2 Å². The first-order valence-electron chi connectivity index (χ1n) is 6.41. The Morgan fingerprint density at radius 2 is 1.95 bits per heavy atom. The summed E-state index contributed by atoms with van der Waals surface area (Å²) in [6.45, 7) is 0.382. The highest BCUT2D eigenvalue weighted by molar-refractivity contribution is 5.86. The summed E-state index contributed by atoms with van der Waals surface area (Å²) in [6, 6.07) is 5.01. The molecule has 2 rings (SSSR count). The van der Waals surface area contributed by atoms with Crippen LogP contribution < -0.4 is 19.5 Å². The summed E-state index contributed by atoms with van der Waals surface area (Å²) in [4.78, 5) is 10.8. The van der Waals surface area contributed by atoms with Crippen LogP contribution in [0.15, 0.2) is 18.2 Å². The Morgan fingerprint density at radius 1 is 1.23 bits per heavy atom. The number of aromatic carboxylic acids is 1. The van der Waals surface area contributed by atoms with Crippen molar-refractivity contribution in [2.75, 3.05) is 26.6 Å². The lowest BCUT2D eigenvalue weighted by Gasteiger charge is -2.15. The van der Waals surface area contributed by atoms with E-state index in [0.717, 1.165) is 5.56 Å². The van der Waals surface area contributed by atoms with Crippen LogP contribution in [0.3, 0.4) is 0 Å². The van der Waals surface area contributed by atoms with Gasteiger partial charge in [-0.05, 0) is 12.1 Å². The van der Waals surface area contributed by atoms with E-state index in [1.807, 2.05) is 6.07 Å². The van der Waals surface area contributed by atoms with Gasteiger partial charge in [0.05, 0.1) is 21.3 Å². The van der Waals surface area contributed by atoms with E-state index < -0.39 is 5.97 Å². The molecule has 0 amide bonds. The number of anilines is 1. The van der Waals surface area contributed by atoms with E-state index in [-0.39, 0.29) is 5.69 Å². The topological polar surface area (TPSA) is 106 Å². The van der Waals surface area contributed by atoms with Crippen LogP contribution in [-0.2, 0) is 6.54 Å². The second-order valence-corrected chi connectivity index (χ2v) is 4.32. The highest BCUT2D eigenvalue weighted by Crippen LogP contribution is 2.39. The molecule has 8 nitrogen and oxygen atoms in total. The molecule has 0 saturated heterocycles. The van der Waals surface area contributed by atoms with Gasteiger partial charge in [-0.2, -0.15) is 5.10 Å². The molecule has 2 aromatic rings. The van der Waals surface area contributed by atoms with Crippen LogP contribution in [0.4, 0.5) is 5.82 Å². The summed E-state index contributed by atoms with van der Waals surface area (Å²) in [5.41, 5.74) is 0.835. The Bertz CT molecular complexity index is 668. The van der Waals surface area contributed by atoms with Gasteiger partial charge in [0.15, 0.2) is 11.5 Å². The predicted molar refractivity (Wildman–Crippen MR) is 79.0 cm³/mol. The first kappa shape index (κ1) is 15.5. The lowest BCUT2D eigenvalue weighted by molar-refractivity contribution is 0.0690. The summed E-state index contributed by atoms with van der Waals surface area (Å²) in [7, 11) is 4.62.